The van der Waals surface area contributed by atoms with Gasteiger partial charge < -0.3 is 18.8 Å². The molecule has 0 fully saturated rings. The predicted octanol–water partition coefficient (Wildman–Crippen LogP) is 2.95. The van der Waals surface area contributed by atoms with Crippen molar-refractivity contribution < 1.29 is 36.8 Å². The second kappa shape index (κ2) is 9.24. The van der Waals surface area contributed by atoms with E-state index in [2.05, 4.69) is 10.5 Å². The fourth-order valence-electron chi connectivity index (χ4n) is 3.12. The molecule has 2 N–H and O–H groups in total. The Labute approximate surface area is 194 Å². The molecule has 34 heavy (non-hydrogen) atoms. The second-order valence-electron chi connectivity index (χ2n) is 7.13. The van der Waals surface area contributed by atoms with E-state index < -0.39 is 22.0 Å². The molecule has 4 rings (SSSR count). The van der Waals surface area contributed by atoms with Gasteiger partial charge in [-0.05, 0) is 48.4 Å². The van der Waals surface area contributed by atoms with Crippen molar-refractivity contribution in [3.8, 4) is 17.2 Å². The molecular weight excluding hydrogens is 464 g/mol. The normalized spacial score (nSPS) is 12.5. The van der Waals surface area contributed by atoms with Crippen LogP contribution >= 0.6 is 0 Å². The Hall–Kier alpha value is -4.38. The molecule has 0 saturated carbocycles. The molecule has 0 aliphatic carbocycles. The first-order chi connectivity index (χ1) is 16.2. The number of carboxylic acids is 1. The van der Waals surface area contributed by atoms with E-state index in [0.717, 1.165) is 0 Å². The zero-order valence-electron chi connectivity index (χ0n) is 17.7. The van der Waals surface area contributed by atoms with Crippen molar-refractivity contribution in [2.24, 2.45) is 5.10 Å². The molecule has 1 aliphatic heterocycles. The summed E-state index contributed by atoms with van der Waals surface area (Å²) in [5, 5.41) is 12.8. The number of hydrogen-bond acceptors (Lipinski definition) is 8. The number of amides is 1. The minimum absolute atomic E-state index is 0.00758. The Kier molecular flexibility index (Phi) is 6.19. The highest BCUT2D eigenvalue weighted by Crippen LogP contribution is 2.37. The van der Waals surface area contributed by atoms with E-state index in [9.17, 15) is 18.0 Å². The van der Waals surface area contributed by atoms with E-state index in [4.69, 9.17) is 18.8 Å². The quantitative estimate of drug-likeness (QED) is 0.298. The van der Waals surface area contributed by atoms with Crippen LogP contribution in [0, 0.1) is 6.92 Å². The molecule has 0 spiro atoms. The van der Waals surface area contributed by atoms with Gasteiger partial charge in [0.15, 0.2) is 17.2 Å². The average Bonchev–Trinajstić information content (AvgIpc) is 3.26. The van der Waals surface area contributed by atoms with Gasteiger partial charge in [-0.2, -0.15) is 13.5 Å². The van der Waals surface area contributed by atoms with Crippen LogP contribution < -0.4 is 19.1 Å². The summed E-state index contributed by atoms with van der Waals surface area (Å²) >= 11 is 0. The first-order valence-corrected chi connectivity index (χ1v) is 11.3. The molecule has 0 bridgehead atoms. The molecule has 0 unspecified atom stereocenters. The highest BCUT2D eigenvalue weighted by Gasteiger charge is 2.26. The standard InChI is InChI=1S/C23H18N2O8S/c1-14-10-19-20(32-13-31-19)11-21(14)34(29,30)33-18-5-3-2-4-17(18)22(26)25-24-12-15-6-8-16(9-7-15)23(27)28/h2-12H,13H2,1H3,(H,25,26)(H,27,28)/b24-12-. The minimum atomic E-state index is -4.30. The number of carboxylic acid groups (broad SMARTS) is 1. The number of benzene rings is 3. The summed E-state index contributed by atoms with van der Waals surface area (Å²) in [6, 6.07) is 14.5. The fraction of sp³-hybridized carbons (Fsp3) is 0.0870. The number of nitrogens with one attached hydrogen (secondary N) is 1. The monoisotopic (exact) mass is 482 g/mol. The van der Waals surface area contributed by atoms with E-state index in [1.807, 2.05) is 0 Å². The lowest BCUT2D eigenvalue weighted by molar-refractivity contribution is 0.0696. The van der Waals surface area contributed by atoms with Gasteiger partial charge in [0.2, 0.25) is 6.79 Å². The second-order valence-corrected chi connectivity index (χ2v) is 8.65. The van der Waals surface area contributed by atoms with Crippen LogP contribution in [0.3, 0.4) is 0 Å². The summed E-state index contributed by atoms with van der Waals surface area (Å²) in [6.07, 6.45) is 1.32. The number of fused-ring (bicyclic) bond motifs is 1. The Morgan fingerprint density at radius 3 is 2.44 bits per heavy atom. The Morgan fingerprint density at radius 1 is 1.06 bits per heavy atom. The third kappa shape index (κ3) is 4.84. The third-order valence-electron chi connectivity index (χ3n) is 4.81. The zero-order chi connectivity index (χ0) is 24.3. The van der Waals surface area contributed by atoms with Gasteiger partial charge >= 0.3 is 16.1 Å². The van der Waals surface area contributed by atoms with Crippen LogP contribution in [0.15, 0.2) is 70.7 Å². The number of hydrogen-bond donors (Lipinski definition) is 2. The van der Waals surface area contributed by atoms with E-state index >= 15 is 0 Å². The highest BCUT2D eigenvalue weighted by atomic mass is 32.2. The van der Waals surface area contributed by atoms with Crippen molar-refractivity contribution in [1.29, 1.82) is 0 Å². The van der Waals surface area contributed by atoms with Gasteiger partial charge in [0.05, 0.1) is 17.3 Å². The molecule has 0 aromatic heterocycles. The van der Waals surface area contributed by atoms with Gasteiger partial charge in [-0.1, -0.05) is 24.3 Å². The van der Waals surface area contributed by atoms with Crippen molar-refractivity contribution in [3.63, 3.8) is 0 Å². The average molecular weight is 482 g/mol. The fourth-order valence-corrected chi connectivity index (χ4v) is 4.30. The molecule has 1 aliphatic rings. The first-order valence-electron chi connectivity index (χ1n) is 9.85. The number of aryl methyl sites for hydroxylation is 1. The Balaban J connectivity index is 1.51. The molecule has 1 amide bonds. The van der Waals surface area contributed by atoms with Crippen molar-refractivity contribution in [3.05, 3.63) is 82.9 Å². The van der Waals surface area contributed by atoms with Crippen LogP contribution in [0.5, 0.6) is 17.2 Å². The predicted molar refractivity (Wildman–Crippen MR) is 120 cm³/mol. The SMILES string of the molecule is Cc1cc2c(cc1S(=O)(=O)Oc1ccccc1C(=O)N/N=C\c1ccc(C(=O)O)cc1)OCO2. The van der Waals surface area contributed by atoms with Crippen LogP contribution in [0.25, 0.3) is 0 Å². The van der Waals surface area contributed by atoms with E-state index in [-0.39, 0.29) is 34.3 Å². The summed E-state index contributed by atoms with van der Waals surface area (Å²) in [5.41, 5.74) is 3.31. The van der Waals surface area contributed by atoms with Crippen molar-refractivity contribution in [2.75, 3.05) is 6.79 Å². The van der Waals surface area contributed by atoms with Crippen LogP contribution in [-0.4, -0.2) is 38.4 Å². The summed E-state index contributed by atoms with van der Waals surface area (Å²) in [7, 11) is -4.30. The number of carbonyl (C=O) groups excluding carboxylic acids is 1. The van der Waals surface area contributed by atoms with Crippen LogP contribution in [0.1, 0.15) is 31.8 Å². The molecule has 10 nitrogen and oxygen atoms in total. The molecule has 11 heteroatoms. The van der Waals surface area contributed by atoms with Gasteiger partial charge in [0.25, 0.3) is 5.91 Å². The number of nitrogens with zero attached hydrogens (tertiary/aromatic N) is 1. The smallest absolute Gasteiger partial charge is 0.339 e. The van der Waals surface area contributed by atoms with Gasteiger partial charge in [0.1, 0.15) is 4.90 Å². The number of rotatable bonds is 7. The van der Waals surface area contributed by atoms with E-state index in [1.165, 1.54) is 60.8 Å². The van der Waals surface area contributed by atoms with Crippen LogP contribution in [-0.2, 0) is 10.1 Å². The number of para-hydroxylation sites is 1. The lowest BCUT2D eigenvalue weighted by Crippen LogP contribution is -2.20. The molecule has 0 saturated heterocycles. The van der Waals surface area contributed by atoms with Gasteiger partial charge in [0, 0.05) is 6.07 Å². The summed E-state index contributed by atoms with van der Waals surface area (Å²) in [6.45, 7) is 1.58. The molecular formula is C23H18N2O8S. The van der Waals surface area contributed by atoms with E-state index in [0.29, 0.717) is 16.9 Å². The Morgan fingerprint density at radius 2 is 1.74 bits per heavy atom. The maximum absolute atomic E-state index is 12.9. The maximum atomic E-state index is 12.9. The van der Waals surface area contributed by atoms with Crippen molar-refractivity contribution >= 4 is 28.2 Å². The molecule has 3 aromatic rings. The van der Waals surface area contributed by atoms with Crippen LogP contribution in [0.4, 0.5) is 0 Å². The summed E-state index contributed by atoms with van der Waals surface area (Å²) in [5.74, 6) is -1.22. The zero-order valence-corrected chi connectivity index (χ0v) is 18.5. The molecule has 1 heterocycles. The number of ether oxygens (including phenoxy) is 2. The van der Waals surface area contributed by atoms with Crippen molar-refractivity contribution in [1.82, 2.24) is 5.43 Å². The lowest BCUT2D eigenvalue weighted by atomic mass is 10.1. The Bertz CT molecular complexity index is 1400. The highest BCUT2D eigenvalue weighted by molar-refractivity contribution is 7.87. The summed E-state index contributed by atoms with van der Waals surface area (Å²) in [4.78, 5) is 23.4. The number of carbonyl (C=O) groups is 2. The van der Waals surface area contributed by atoms with Gasteiger partial charge in [-0.25, -0.2) is 10.2 Å². The van der Waals surface area contributed by atoms with Gasteiger partial charge in [-0.15, -0.1) is 0 Å². The maximum Gasteiger partial charge on any atom is 0.339 e. The topological polar surface area (TPSA) is 141 Å². The first kappa shape index (κ1) is 22.8. The minimum Gasteiger partial charge on any atom is -0.478 e. The molecule has 0 atom stereocenters. The van der Waals surface area contributed by atoms with Crippen LogP contribution in [0.2, 0.25) is 0 Å². The summed E-state index contributed by atoms with van der Waals surface area (Å²) < 4.78 is 41.7. The molecule has 174 valence electrons. The largest absolute Gasteiger partial charge is 0.478 e. The van der Waals surface area contributed by atoms with E-state index in [1.54, 1.807) is 13.0 Å². The van der Waals surface area contributed by atoms with Gasteiger partial charge in [-0.3, -0.25) is 4.79 Å². The van der Waals surface area contributed by atoms with Crippen molar-refractivity contribution in [2.45, 2.75) is 11.8 Å². The number of hydrazone groups is 1. The molecule has 0 radical (unpaired) electrons. The lowest BCUT2D eigenvalue weighted by Gasteiger charge is -2.12. The third-order valence-corrected chi connectivity index (χ3v) is 6.19. The number of aromatic carboxylic acids is 1. The molecule has 3 aromatic carbocycles.